The molecular weight excluding hydrogens is 280 g/mol. The molecule has 0 atom stereocenters. The predicted molar refractivity (Wildman–Crippen MR) is 73.0 cm³/mol. The first-order valence-corrected chi connectivity index (χ1v) is 7.27. The third-order valence-electron chi connectivity index (χ3n) is 3.32. The summed E-state index contributed by atoms with van der Waals surface area (Å²) < 4.78 is 6.29. The van der Waals surface area contributed by atoms with Crippen LogP contribution in [0.3, 0.4) is 0 Å². The summed E-state index contributed by atoms with van der Waals surface area (Å²) in [5.74, 6) is 1.01. The minimum absolute atomic E-state index is 0.645. The van der Waals surface area contributed by atoms with Crippen LogP contribution in [-0.2, 0) is 6.54 Å². The first-order chi connectivity index (χ1) is 8.28. The normalized spacial score (nSPS) is 18.7. The molecule has 0 aromatic carbocycles. The van der Waals surface area contributed by atoms with Crippen molar-refractivity contribution in [2.24, 2.45) is 0 Å². The molecule has 0 spiro atoms. The van der Waals surface area contributed by atoms with E-state index in [0.717, 1.165) is 17.0 Å². The number of nitrogens with one attached hydrogen (secondary N) is 1. The molecule has 0 saturated carbocycles. The van der Waals surface area contributed by atoms with Gasteiger partial charge >= 0.3 is 0 Å². The lowest BCUT2D eigenvalue weighted by Crippen LogP contribution is -2.42. The number of hydrogen-bond acceptors (Lipinski definition) is 3. The largest absolute Gasteiger partial charge is 0.453 e. The van der Waals surface area contributed by atoms with E-state index in [0.29, 0.717) is 6.04 Å². The molecule has 0 aliphatic carbocycles. The number of rotatable bonds is 5. The zero-order valence-electron chi connectivity index (χ0n) is 10.4. The molecule has 0 unspecified atom stereocenters. The summed E-state index contributed by atoms with van der Waals surface area (Å²) in [5, 5.41) is 3.57. The Morgan fingerprint density at radius 1 is 1.41 bits per heavy atom. The van der Waals surface area contributed by atoms with Gasteiger partial charge in [0, 0.05) is 6.04 Å². The van der Waals surface area contributed by atoms with Crippen LogP contribution < -0.4 is 5.32 Å². The molecule has 4 heteroatoms. The van der Waals surface area contributed by atoms with E-state index in [9.17, 15) is 0 Å². The fourth-order valence-electron chi connectivity index (χ4n) is 2.37. The number of hydrogen-bond donors (Lipinski definition) is 1. The second-order valence-corrected chi connectivity index (χ2v) is 5.48. The van der Waals surface area contributed by atoms with Crippen LogP contribution in [0, 0.1) is 0 Å². The maximum absolute atomic E-state index is 5.48. The first-order valence-electron chi connectivity index (χ1n) is 6.48. The molecule has 1 aliphatic rings. The predicted octanol–water partition coefficient (Wildman–Crippen LogP) is 3.01. The Labute approximate surface area is 112 Å². The Balaban J connectivity index is 1.68. The van der Waals surface area contributed by atoms with Gasteiger partial charge in [-0.05, 0) is 67.0 Å². The van der Waals surface area contributed by atoms with Gasteiger partial charge in [0.15, 0.2) is 4.67 Å². The summed E-state index contributed by atoms with van der Waals surface area (Å²) in [4.78, 5) is 2.56. The topological polar surface area (TPSA) is 28.4 Å². The minimum atomic E-state index is 0.645. The molecule has 0 amide bonds. The smallest absolute Gasteiger partial charge is 0.169 e. The Morgan fingerprint density at radius 2 is 2.18 bits per heavy atom. The summed E-state index contributed by atoms with van der Waals surface area (Å²) in [7, 11) is 0. The van der Waals surface area contributed by atoms with Crippen LogP contribution >= 0.6 is 15.9 Å². The monoisotopic (exact) mass is 300 g/mol. The second kappa shape index (κ2) is 6.57. The summed E-state index contributed by atoms with van der Waals surface area (Å²) in [6, 6.07) is 4.61. The van der Waals surface area contributed by atoms with Crippen LogP contribution in [0.2, 0.25) is 0 Å². The van der Waals surface area contributed by atoms with Crippen molar-refractivity contribution in [3.05, 3.63) is 22.6 Å². The molecule has 1 saturated heterocycles. The first kappa shape index (κ1) is 13.1. The van der Waals surface area contributed by atoms with Gasteiger partial charge in [0.25, 0.3) is 0 Å². The van der Waals surface area contributed by atoms with Gasteiger partial charge in [-0.15, -0.1) is 0 Å². The van der Waals surface area contributed by atoms with E-state index in [2.05, 4.69) is 33.1 Å². The van der Waals surface area contributed by atoms with Crippen LogP contribution in [-0.4, -0.2) is 30.6 Å². The molecule has 1 N–H and O–H groups in total. The highest BCUT2D eigenvalue weighted by atomic mass is 79.9. The van der Waals surface area contributed by atoms with Crippen molar-refractivity contribution >= 4 is 15.9 Å². The third-order valence-corrected chi connectivity index (χ3v) is 3.75. The zero-order chi connectivity index (χ0) is 12.1. The van der Waals surface area contributed by atoms with E-state index in [4.69, 9.17) is 4.42 Å². The lowest BCUT2D eigenvalue weighted by Gasteiger charge is -2.32. The zero-order valence-corrected chi connectivity index (χ0v) is 12.0. The molecule has 3 nitrogen and oxygen atoms in total. The molecule has 96 valence electrons. The van der Waals surface area contributed by atoms with Gasteiger partial charge in [0.05, 0.1) is 6.54 Å². The van der Waals surface area contributed by atoms with Crippen LogP contribution in [0.4, 0.5) is 0 Å². The maximum atomic E-state index is 5.48. The molecule has 0 radical (unpaired) electrons. The van der Waals surface area contributed by atoms with Crippen molar-refractivity contribution in [2.45, 2.75) is 38.8 Å². The van der Waals surface area contributed by atoms with Crippen molar-refractivity contribution in [3.63, 3.8) is 0 Å². The van der Waals surface area contributed by atoms with Crippen LogP contribution in [0.5, 0.6) is 0 Å². The van der Waals surface area contributed by atoms with Gasteiger partial charge < -0.3 is 14.6 Å². The number of nitrogens with zero attached hydrogens (tertiary/aromatic N) is 1. The number of halogens is 1. The number of piperidine rings is 1. The van der Waals surface area contributed by atoms with Crippen LogP contribution in [0.1, 0.15) is 31.9 Å². The summed E-state index contributed by atoms with van der Waals surface area (Å²) in [6.07, 6.45) is 3.77. The van der Waals surface area contributed by atoms with Gasteiger partial charge in [0.2, 0.25) is 0 Å². The Morgan fingerprint density at radius 3 is 2.76 bits per heavy atom. The SMILES string of the molecule is CCCN1CCC(NCc2ccc(Br)o2)CC1. The van der Waals surface area contributed by atoms with Crippen molar-refractivity contribution in [3.8, 4) is 0 Å². The van der Waals surface area contributed by atoms with E-state index >= 15 is 0 Å². The lowest BCUT2D eigenvalue weighted by molar-refractivity contribution is 0.196. The van der Waals surface area contributed by atoms with E-state index in [-0.39, 0.29) is 0 Å². The van der Waals surface area contributed by atoms with Gasteiger partial charge in [-0.25, -0.2) is 0 Å². The molecule has 1 aromatic rings. The highest BCUT2D eigenvalue weighted by Gasteiger charge is 2.18. The highest BCUT2D eigenvalue weighted by molar-refractivity contribution is 9.10. The standard InChI is InChI=1S/C13H21BrN2O/c1-2-7-16-8-5-11(6-9-16)15-10-12-3-4-13(14)17-12/h3-4,11,15H,2,5-10H2,1H3. The van der Waals surface area contributed by atoms with Gasteiger partial charge in [0.1, 0.15) is 5.76 Å². The van der Waals surface area contributed by atoms with E-state index in [1.54, 1.807) is 0 Å². The Hall–Kier alpha value is -0.320. The summed E-state index contributed by atoms with van der Waals surface area (Å²) in [5.41, 5.74) is 0. The fourth-order valence-corrected chi connectivity index (χ4v) is 2.71. The maximum Gasteiger partial charge on any atom is 0.169 e. The van der Waals surface area contributed by atoms with Crippen molar-refractivity contribution in [1.82, 2.24) is 10.2 Å². The van der Waals surface area contributed by atoms with Crippen LogP contribution in [0.25, 0.3) is 0 Å². The average Bonchev–Trinajstić information content (AvgIpc) is 2.75. The van der Waals surface area contributed by atoms with Crippen molar-refractivity contribution in [2.75, 3.05) is 19.6 Å². The second-order valence-electron chi connectivity index (χ2n) is 4.70. The number of likely N-dealkylation sites (tertiary alicyclic amines) is 1. The molecule has 2 rings (SSSR count). The van der Waals surface area contributed by atoms with E-state index < -0.39 is 0 Å². The van der Waals surface area contributed by atoms with Crippen molar-refractivity contribution < 1.29 is 4.42 Å². The molecule has 17 heavy (non-hydrogen) atoms. The summed E-state index contributed by atoms with van der Waals surface area (Å²) in [6.45, 7) is 6.79. The Bertz CT molecular complexity index is 332. The van der Waals surface area contributed by atoms with Crippen LogP contribution in [0.15, 0.2) is 21.2 Å². The molecule has 1 fully saturated rings. The van der Waals surface area contributed by atoms with E-state index in [1.807, 2.05) is 12.1 Å². The highest BCUT2D eigenvalue weighted by Crippen LogP contribution is 2.15. The quantitative estimate of drug-likeness (QED) is 0.906. The van der Waals surface area contributed by atoms with Gasteiger partial charge in [-0.2, -0.15) is 0 Å². The molecule has 1 aliphatic heterocycles. The Kier molecular flexibility index (Phi) is 5.07. The summed E-state index contributed by atoms with van der Waals surface area (Å²) >= 11 is 3.32. The third kappa shape index (κ3) is 4.12. The molecule has 1 aromatic heterocycles. The fraction of sp³-hybridized carbons (Fsp3) is 0.692. The molecule has 0 bridgehead atoms. The number of furan rings is 1. The van der Waals surface area contributed by atoms with Gasteiger partial charge in [-0.1, -0.05) is 6.92 Å². The van der Waals surface area contributed by atoms with E-state index in [1.165, 1.54) is 38.9 Å². The van der Waals surface area contributed by atoms with Crippen molar-refractivity contribution in [1.29, 1.82) is 0 Å². The van der Waals surface area contributed by atoms with Gasteiger partial charge in [-0.3, -0.25) is 0 Å². The average molecular weight is 301 g/mol. The minimum Gasteiger partial charge on any atom is -0.453 e. The lowest BCUT2D eigenvalue weighted by atomic mass is 10.0. The molecular formula is C13H21BrN2O. The molecule has 2 heterocycles.